The summed E-state index contributed by atoms with van der Waals surface area (Å²) in [5, 5.41) is 0. The lowest BCUT2D eigenvalue weighted by atomic mass is 9.92. The molecule has 1 saturated heterocycles. The molecule has 0 spiro atoms. The van der Waals surface area contributed by atoms with Gasteiger partial charge in [0.05, 0.1) is 0 Å². The number of likely N-dealkylation sites (N-methyl/N-ethyl adjacent to an activating group) is 2. The molecule has 4 nitrogen and oxygen atoms in total. The largest absolute Gasteiger partial charge is 0.339 e. The van der Waals surface area contributed by atoms with E-state index in [9.17, 15) is 4.79 Å². The van der Waals surface area contributed by atoms with E-state index in [1.807, 2.05) is 0 Å². The predicted molar refractivity (Wildman–Crippen MR) is 98.2 cm³/mol. The van der Waals surface area contributed by atoms with E-state index in [0.717, 1.165) is 45.4 Å². The van der Waals surface area contributed by atoms with Crippen molar-refractivity contribution in [3.8, 4) is 0 Å². The highest BCUT2D eigenvalue weighted by atomic mass is 16.2. The molecule has 1 unspecified atom stereocenters. The number of nitrogens with zero attached hydrogens (tertiary/aromatic N) is 3. The second-order valence-corrected chi connectivity index (χ2v) is 7.46. The van der Waals surface area contributed by atoms with Crippen LogP contribution in [0.1, 0.15) is 31.4 Å². The van der Waals surface area contributed by atoms with E-state index in [-0.39, 0.29) is 0 Å². The number of fused-ring (bicyclic) bond motifs is 1. The van der Waals surface area contributed by atoms with Crippen LogP contribution >= 0.6 is 0 Å². The molecule has 1 fully saturated rings. The van der Waals surface area contributed by atoms with E-state index in [4.69, 9.17) is 0 Å². The quantitative estimate of drug-likeness (QED) is 0.827. The maximum absolute atomic E-state index is 13.5. The summed E-state index contributed by atoms with van der Waals surface area (Å²) in [6.07, 6.45) is 2.77. The summed E-state index contributed by atoms with van der Waals surface area (Å²) >= 11 is 0. The molecule has 1 aromatic rings. The molecule has 0 aromatic heterocycles. The highest BCUT2D eigenvalue weighted by molar-refractivity contribution is 5.88. The molecule has 1 aliphatic carbocycles. The Bertz CT molecular complexity index is 569. The Labute approximate surface area is 146 Å². The van der Waals surface area contributed by atoms with Crippen LogP contribution in [0.5, 0.6) is 0 Å². The Morgan fingerprint density at radius 1 is 1.17 bits per heavy atom. The molecule has 0 N–H and O–H groups in total. The summed E-state index contributed by atoms with van der Waals surface area (Å²) < 4.78 is 0. The summed E-state index contributed by atoms with van der Waals surface area (Å²) in [4.78, 5) is 20.2. The summed E-state index contributed by atoms with van der Waals surface area (Å²) in [5.74, 6) is 0.318. The van der Waals surface area contributed by atoms with Crippen LogP contribution in [0.3, 0.4) is 0 Å². The number of benzene rings is 1. The number of carbonyl (C=O) groups is 1. The van der Waals surface area contributed by atoms with Gasteiger partial charge in [0, 0.05) is 32.0 Å². The van der Waals surface area contributed by atoms with Gasteiger partial charge in [-0.3, -0.25) is 14.6 Å². The molecule has 132 valence electrons. The van der Waals surface area contributed by atoms with E-state index in [1.165, 1.54) is 11.1 Å². The molecule has 1 heterocycles. The highest BCUT2D eigenvalue weighted by Crippen LogP contribution is 2.36. The van der Waals surface area contributed by atoms with Crippen molar-refractivity contribution in [3.63, 3.8) is 0 Å². The topological polar surface area (TPSA) is 26.8 Å². The van der Waals surface area contributed by atoms with E-state index in [1.54, 1.807) is 0 Å². The summed E-state index contributed by atoms with van der Waals surface area (Å²) in [5.41, 5.74) is 2.26. The first-order valence-electron chi connectivity index (χ1n) is 9.29. The predicted octanol–water partition coefficient (Wildman–Crippen LogP) is 2.03. The van der Waals surface area contributed by atoms with E-state index >= 15 is 0 Å². The van der Waals surface area contributed by atoms with E-state index in [2.05, 4.69) is 66.9 Å². The van der Waals surface area contributed by atoms with Crippen molar-refractivity contribution in [2.75, 3.05) is 40.3 Å². The molecule has 2 aliphatic rings. The van der Waals surface area contributed by atoms with Gasteiger partial charge < -0.3 is 4.90 Å². The molecule has 1 atom stereocenters. The molecular weight excluding hydrogens is 298 g/mol. The Kier molecular flexibility index (Phi) is 4.97. The van der Waals surface area contributed by atoms with Gasteiger partial charge in [-0.2, -0.15) is 0 Å². The molecule has 1 amide bonds. The standard InChI is InChI=1S/C20H31N3O/c1-5-22(6-2)18-11-12-23(15-18)19(24)20(21(3)4)13-16-9-7-8-10-17(16)14-20/h7-10,18H,5-6,11-15H2,1-4H3. The molecule has 0 saturated carbocycles. The lowest BCUT2D eigenvalue weighted by Gasteiger charge is -2.38. The zero-order valence-electron chi connectivity index (χ0n) is 15.6. The summed E-state index contributed by atoms with van der Waals surface area (Å²) in [6.45, 7) is 8.32. The smallest absolute Gasteiger partial charge is 0.243 e. The Balaban J connectivity index is 1.78. The lowest BCUT2D eigenvalue weighted by molar-refractivity contribution is -0.141. The molecule has 0 bridgehead atoms. The zero-order valence-corrected chi connectivity index (χ0v) is 15.6. The first-order valence-corrected chi connectivity index (χ1v) is 9.29. The number of hydrogen-bond donors (Lipinski definition) is 0. The number of amides is 1. The van der Waals surface area contributed by atoms with E-state index in [0.29, 0.717) is 11.9 Å². The SMILES string of the molecule is CCN(CC)C1CCN(C(=O)C2(N(C)C)Cc3ccccc3C2)C1. The normalized spacial score (nSPS) is 22.4. The van der Waals surface area contributed by atoms with Gasteiger partial charge in [-0.1, -0.05) is 38.1 Å². The van der Waals surface area contributed by atoms with Crippen molar-refractivity contribution in [2.24, 2.45) is 0 Å². The van der Waals surface area contributed by atoms with Crippen molar-refractivity contribution in [1.82, 2.24) is 14.7 Å². The van der Waals surface area contributed by atoms with Gasteiger partial charge in [-0.25, -0.2) is 0 Å². The van der Waals surface area contributed by atoms with Gasteiger partial charge in [-0.05, 0) is 44.7 Å². The van der Waals surface area contributed by atoms with Gasteiger partial charge in [0.2, 0.25) is 5.91 Å². The first kappa shape index (κ1) is 17.4. The van der Waals surface area contributed by atoms with Crippen LogP contribution in [0, 0.1) is 0 Å². The number of carbonyl (C=O) groups excluding carboxylic acids is 1. The zero-order chi connectivity index (χ0) is 17.3. The van der Waals surface area contributed by atoms with Gasteiger partial charge in [0.1, 0.15) is 5.54 Å². The minimum atomic E-state index is -0.401. The molecule has 24 heavy (non-hydrogen) atoms. The van der Waals surface area contributed by atoms with E-state index < -0.39 is 5.54 Å². The fourth-order valence-corrected chi connectivity index (χ4v) is 4.51. The van der Waals surface area contributed by atoms with Gasteiger partial charge in [0.15, 0.2) is 0 Å². The van der Waals surface area contributed by atoms with Gasteiger partial charge in [0.25, 0.3) is 0 Å². The average Bonchev–Trinajstić information content (AvgIpc) is 3.20. The minimum Gasteiger partial charge on any atom is -0.339 e. The van der Waals surface area contributed by atoms with Crippen LogP contribution < -0.4 is 0 Å². The Morgan fingerprint density at radius 3 is 2.25 bits per heavy atom. The van der Waals surface area contributed by atoms with Gasteiger partial charge in [-0.15, -0.1) is 0 Å². The van der Waals surface area contributed by atoms with Crippen molar-refractivity contribution < 1.29 is 4.79 Å². The van der Waals surface area contributed by atoms with Crippen LogP contribution in [0.15, 0.2) is 24.3 Å². The van der Waals surface area contributed by atoms with Gasteiger partial charge >= 0.3 is 0 Å². The first-order chi connectivity index (χ1) is 11.5. The number of rotatable bonds is 5. The van der Waals surface area contributed by atoms with Crippen molar-refractivity contribution >= 4 is 5.91 Å². The Morgan fingerprint density at radius 2 is 1.75 bits per heavy atom. The summed E-state index contributed by atoms with van der Waals surface area (Å²) in [6, 6.07) is 9.04. The molecule has 1 aromatic carbocycles. The molecule has 4 heteroatoms. The second kappa shape index (κ2) is 6.85. The third-order valence-corrected chi connectivity index (χ3v) is 6.12. The molecule has 3 rings (SSSR count). The highest BCUT2D eigenvalue weighted by Gasteiger charge is 2.48. The molecule has 0 radical (unpaired) electrons. The monoisotopic (exact) mass is 329 g/mol. The van der Waals surface area contributed by atoms with Crippen LogP contribution in [-0.4, -0.2) is 72.5 Å². The third kappa shape index (κ3) is 2.86. The fourth-order valence-electron chi connectivity index (χ4n) is 4.51. The maximum Gasteiger partial charge on any atom is 0.243 e. The number of likely N-dealkylation sites (tertiary alicyclic amines) is 1. The molecule has 1 aliphatic heterocycles. The van der Waals surface area contributed by atoms with Crippen molar-refractivity contribution in [3.05, 3.63) is 35.4 Å². The molecular formula is C20H31N3O. The van der Waals surface area contributed by atoms with Crippen molar-refractivity contribution in [1.29, 1.82) is 0 Å². The van der Waals surface area contributed by atoms with Crippen LogP contribution in [0.25, 0.3) is 0 Å². The maximum atomic E-state index is 13.5. The summed E-state index contributed by atoms with van der Waals surface area (Å²) in [7, 11) is 4.11. The third-order valence-electron chi connectivity index (χ3n) is 6.12. The van der Waals surface area contributed by atoms with Crippen LogP contribution in [-0.2, 0) is 17.6 Å². The fraction of sp³-hybridized carbons (Fsp3) is 0.650. The number of hydrogen-bond acceptors (Lipinski definition) is 3. The minimum absolute atomic E-state index is 0.318. The lowest BCUT2D eigenvalue weighted by Crippen LogP contribution is -2.58. The second-order valence-electron chi connectivity index (χ2n) is 7.46. The Hall–Kier alpha value is -1.39. The average molecular weight is 329 g/mol. The van der Waals surface area contributed by atoms with Crippen molar-refractivity contribution in [2.45, 2.75) is 44.7 Å². The van der Waals surface area contributed by atoms with Crippen LogP contribution in [0.2, 0.25) is 0 Å². The van der Waals surface area contributed by atoms with Crippen LogP contribution in [0.4, 0.5) is 0 Å².